The number of halogens is 3. The minimum Gasteiger partial charge on any atom is -0.465 e. The molecule has 0 aliphatic carbocycles. The maximum absolute atomic E-state index is 11.6. The lowest BCUT2D eigenvalue weighted by Gasteiger charge is -2.13. The Bertz CT molecular complexity index is 491. The molecule has 0 amide bonds. The van der Waals surface area contributed by atoms with Gasteiger partial charge in [0.05, 0.1) is 28.4 Å². The van der Waals surface area contributed by atoms with Gasteiger partial charge in [-0.3, -0.25) is 4.79 Å². The number of hydrogen-bond acceptors (Lipinski definition) is 4. The average Bonchev–Trinajstić information content (AvgIpc) is 2.26. The van der Waals surface area contributed by atoms with Gasteiger partial charge in [-0.15, -0.1) is 0 Å². The zero-order valence-corrected chi connectivity index (χ0v) is 12.0. The van der Waals surface area contributed by atoms with Gasteiger partial charge in [0, 0.05) is 16.1 Å². The van der Waals surface area contributed by atoms with Crippen LogP contribution in [-0.4, -0.2) is 18.9 Å². The van der Waals surface area contributed by atoms with Crippen LogP contribution in [0.4, 0.5) is 5.69 Å². The van der Waals surface area contributed by atoms with Crippen molar-refractivity contribution in [1.82, 2.24) is 0 Å². The molecule has 4 nitrogen and oxygen atoms in total. The van der Waals surface area contributed by atoms with Crippen molar-refractivity contribution < 1.29 is 14.3 Å². The maximum Gasteiger partial charge on any atom is 0.341 e. The Hall–Kier alpha value is -0.780. The Balaban J connectivity index is 3.65. The van der Waals surface area contributed by atoms with Crippen LogP contribution < -0.4 is 4.34 Å². The van der Waals surface area contributed by atoms with E-state index in [2.05, 4.69) is 25.2 Å². The van der Waals surface area contributed by atoms with Gasteiger partial charge in [0.15, 0.2) is 5.78 Å². The van der Waals surface area contributed by atoms with E-state index in [9.17, 15) is 9.59 Å². The lowest BCUT2D eigenvalue weighted by Crippen LogP contribution is -2.09. The molecule has 0 aliphatic rings. The molecule has 0 saturated carbocycles. The van der Waals surface area contributed by atoms with Crippen molar-refractivity contribution in [3.05, 3.63) is 27.2 Å². The van der Waals surface area contributed by atoms with Crippen LogP contribution in [0.2, 0.25) is 10.0 Å². The number of Topliss-reactive ketones (excluding diaryl/α,β-unsaturated/α-hetero) is 1. The maximum atomic E-state index is 11.6. The van der Waals surface area contributed by atoms with Crippen LogP contribution in [0, 0.1) is 0 Å². The van der Waals surface area contributed by atoms with Crippen LogP contribution in [-0.2, 0) is 4.74 Å². The smallest absolute Gasteiger partial charge is 0.341 e. The van der Waals surface area contributed by atoms with Crippen molar-refractivity contribution in [2.45, 2.75) is 6.92 Å². The van der Waals surface area contributed by atoms with Crippen LogP contribution in [0.15, 0.2) is 6.07 Å². The van der Waals surface area contributed by atoms with Crippen molar-refractivity contribution in [2.75, 3.05) is 11.5 Å². The van der Waals surface area contributed by atoms with Crippen molar-refractivity contribution >= 4 is 56.8 Å². The number of benzene rings is 1. The van der Waals surface area contributed by atoms with Gasteiger partial charge in [-0.05, 0) is 13.0 Å². The van der Waals surface area contributed by atoms with Gasteiger partial charge >= 0.3 is 5.97 Å². The number of methoxy groups -OCH3 is 1. The first-order valence-corrected chi connectivity index (χ1v) is 5.96. The Morgan fingerprint density at radius 3 is 2.24 bits per heavy atom. The molecule has 0 radical (unpaired) electrons. The van der Waals surface area contributed by atoms with E-state index in [4.69, 9.17) is 23.2 Å². The van der Waals surface area contributed by atoms with Gasteiger partial charge < -0.3 is 9.08 Å². The molecule has 0 fully saturated rings. The second-order valence-corrected chi connectivity index (χ2v) is 4.32. The molecule has 0 aliphatic heterocycles. The summed E-state index contributed by atoms with van der Waals surface area (Å²) in [5.41, 5.74) is 0.427. The molecule has 17 heavy (non-hydrogen) atoms. The van der Waals surface area contributed by atoms with Crippen LogP contribution in [0.25, 0.3) is 0 Å². The fourth-order valence-corrected chi connectivity index (χ4v) is 2.43. The van der Waals surface area contributed by atoms with Gasteiger partial charge in [-0.1, -0.05) is 23.2 Å². The first-order chi connectivity index (χ1) is 7.93. The largest absolute Gasteiger partial charge is 0.465 e. The average molecular weight is 341 g/mol. The summed E-state index contributed by atoms with van der Waals surface area (Å²) in [6.07, 6.45) is 0. The fraction of sp³-hybridized carbons (Fsp3) is 0.200. The number of anilines is 1. The van der Waals surface area contributed by atoms with E-state index in [0.717, 1.165) is 0 Å². The number of esters is 1. The van der Waals surface area contributed by atoms with Gasteiger partial charge in [0.25, 0.3) is 0 Å². The summed E-state index contributed by atoms with van der Waals surface area (Å²) in [6, 6.07) is 1.33. The number of hydrogen-bond donors (Lipinski definition) is 1. The van der Waals surface area contributed by atoms with E-state index < -0.39 is 5.97 Å². The van der Waals surface area contributed by atoms with E-state index >= 15 is 0 Å². The minimum atomic E-state index is -0.656. The zero-order valence-electron chi connectivity index (χ0n) is 8.94. The van der Waals surface area contributed by atoms with Gasteiger partial charge in [-0.2, -0.15) is 0 Å². The molecule has 92 valence electrons. The predicted octanol–water partition coefficient (Wildman–Crippen LogP) is 3.70. The van der Waals surface area contributed by atoms with Crippen molar-refractivity contribution in [3.8, 4) is 0 Å². The third-order valence-electron chi connectivity index (χ3n) is 2.07. The number of ether oxygens (including phenoxy) is 1. The lowest BCUT2D eigenvalue weighted by atomic mass is 10.0. The second kappa shape index (κ2) is 5.71. The second-order valence-electron chi connectivity index (χ2n) is 3.11. The van der Waals surface area contributed by atoms with E-state index in [1.807, 2.05) is 0 Å². The van der Waals surface area contributed by atoms with Gasteiger partial charge in [0.1, 0.15) is 5.56 Å². The lowest BCUT2D eigenvalue weighted by molar-refractivity contribution is 0.0602. The standard InChI is InChI=1S/C10H8BrCl2NO3/c1-4(15)7-5(12)3-6(13)8(9(7)14-11)10(16)17-2/h3,14H,1-2H3. The highest BCUT2D eigenvalue weighted by molar-refractivity contribution is 9.10. The fourth-order valence-electron chi connectivity index (χ4n) is 1.36. The third-order valence-corrected chi connectivity index (χ3v) is 3.06. The molecule has 0 heterocycles. The van der Waals surface area contributed by atoms with E-state index in [1.54, 1.807) is 0 Å². The number of rotatable bonds is 3. The summed E-state index contributed by atoms with van der Waals surface area (Å²) in [5, 5.41) is 0.269. The Morgan fingerprint density at radius 2 is 1.82 bits per heavy atom. The van der Waals surface area contributed by atoms with Crippen LogP contribution >= 0.6 is 39.3 Å². The van der Waals surface area contributed by atoms with E-state index in [1.165, 1.54) is 20.1 Å². The topological polar surface area (TPSA) is 55.4 Å². The van der Waals surface area contributed by atoms with Crippen LogP contribution in [0.1, 0.15) is 27.6 Å². The monoisotopic (exact) mass is 339 g/mol. The Morgan fingerprint density at radius 1 is 1.29 bits per heavy atom. The van der Waals surface area contributed by atoms with Crippen molar-refractivity contribution in [2.24, 2.45) is 0 Å². The first kappa shape index (κ1) is 14.3. The predicted molar refractivity (Wildman–Crippen MR) is 70.4 cm³/mol. The SMILES string of the molecule is COC(=O)c1c(Cl)cc(Cl)c(C(C)=O)c1NBr. The first-order valence-electron chi connectivity index (χ1n) is 4.41. The summed E-state index contributed by atoms with van der Waals surface area (Å²) < 4.78 is 7.16. The number of nitrogens with one attached hydrogen (secondary N) is 1. The quantitative estimate of drug-likeness (QED) is 0.517. The highest BCUT2D eigenvalue weighted by Gasteiger charge is 2.24. The number of carbonyl (C=O) groups excluding carboxylic acids is 2. The highest BCUT2D eigenvalue weighted by Crippen LogP contribution is 2.35. The molecule has 0 spiro atoms. The summed E-state index contributed by atoms with van der Waals surface area (Å²) in [5.74, 6) is -0.949. The molecule has 0 aromatic heterocycles. The molecular formula is C10H8BrCl2NO3. The highest BCUT2D eigenvalue weighted by atomic mass is 79.9. The summed E-state index contributed by atoms with van der Waals surface area (Å²) >= 11 is 14.8. The summed E-state index contributed by atoms with van der Waals surface area (Å²) in [7, 11) is 1.22. The molecule has 1 aromatic rings. The molecule has 0 atom stereocenters. The molecule has 1 aromatic carbocycles. The molecule has 0 bridgehead atoms. The normalized spacial score (nSPS) is 9.94. The molecule has 1 N–H and O–H groups in total. The molecule has 0 unspecified atom stereocenters. The van der Waals surface area contributed by atoms with E-state index in [0.29, 0.717) is 0 Å². The van der Waals surface area contributed by atoms with Crippen molar-refractivity contribution in [1.29, 1.82) is 0 Å². The molecule has 1 rings (SSSR count). The summed E-state index contributed by atoms with van der Waals surface area (Å²) in [4.78, 5) is 23.1. The molecular weight excluding hydrogens is 333 g/mol. The molecule has 7 heteroatoms. The van der Waals surface area contributed by atoms with E-state index in [-0.39, 0.29) is 32.6 Å². The van der Waals surface area contributed by atoms with Crippen LogP contribution in [0.5, 0.6) is 0 Å². The van der Waals surface area contributed by atoms with Crippen LogP contribution in [0.3, 0.4) is 0 Å². The Kier molecular flexibility index (Phi) is 4.80. The Labute approximate surface area is 117 Å². The minimum absolute atomic E-state index is 0.0561. The molecule has 0 saturated heterocycles. The number of carbonyl (C=O) groups is 2. The van der Waals surface area contributed by atoms with Gasteiger partial charge in [0.2, 0.25) is 0 Å². The third kappa shape index (κ3) is 2.73. The van der Waals surface area contributed by atoms with Crippen molar-refractivity contribution in [3.63, 3.8) is 0 Å². The number of ketones is 1. The van der Waals surface area contributed by atoms with Gasteiger partial charge in [-0.25, -0.2) is 4.79 Å². The summed E-state index contributed by atoms with van der Waals surface area (Å²) in [6.45, 7) is 1.34. The zero-order chi connectivity index (χ0) is 13.2.